The Kier molecular flexibility index (Phi) is 2.84. The van der Waals surface area contributed by atoms with Crippen molar-refractivity contribution in [3.05, 3.63) is 42.2 Å². The zero-order chi connectivity index (χ0) is 12.5. The lowest BCUT2D eigenvalue weighted by Crippen LogP contribution is -2.43. The fraction of sp³-hybridized carbons (Fsp3) is 0.333. The average molecular weight is 242 g/mol. The van der Waals surface area contributed by atoms with E-state index in [2.05, 4.69) is 41.9 Å². The zero-order valence-electron chi connectivity index (χ0n) is 10.7. The number of nitrogens with zero attached hydrogens (tertiary/aromatic N) is 1. The summed E-state index contributed by atoms with van der Waals surface area (Å²) < 4.78 is 5.72. The number of piperazine rings is 1. The molecule has 2 aliphatic rings. The Bertz CT molecular complexity index is 513. The standard InChI is InChI=1S/C15H18N2O/c1-11-9-12(2)18-15-10-13(3-4-14(11)15)17-7-5-16-6-8-17/h3-4,9-10,16H,2,5-8H2,1H3. The highest BCUT2D eigenvalue weighted by atomic mass is 16.5. The largest absolute Gasteiger partial charge is 0.457 e. The number of allylic oxidation sites excluding steroid dienone is 2. The molecule has 94 valence electrons. The minimum Gasteiger partial charge on any atom is -0.457 e. The van der Waals surface area contributed by atoms with Gasteiger partial charge in [-0.15, -0.1) is 0 Å². The van der Waals surface area contributed by atoms with Gasteiger partial charge in [0.2, 0.25) is 0 Å². The summed E-state index contributed by atoms with van der Waals surface area (Å²) in [7, 11) is 0. The van der Waals surface area contributed by atoms with Crippen LogP contribution in [0.15, 0.2) is 36.6 Å². The van der Waals surface area contributed by atoms with Gasteiger partial charge in [-0.3, -0.25) is 0 Å². The molecule has 0 bridgehead atoms. The SMILES string of the molecule is C=C1C=C(C)c2ccc(N3CCNCC3)cc2O1. The fourth-order valence-electron chi connectivity index (χ4n) is 2.53. The predicted molar refractivity (Wildman–Crippen MR) is 74.9 cm³/mol. The number of nitrogens with one attached hydrogen (secondary N) is 1. The molecule has 3 nitrogen and oxygen atoms in total. The molecular weight excluding hydrogens is 224 g/mol. The maximum Gasteiger partial charge on any atom is 0.136 e. The van der Waals surface area contributed by atoms with Gasteiger partial charge in [0.15, 0.2) is 0 Å². The van der Waals surface area contributed by atoms with E-state index in [1.165, 1.54) is 16.8 Å². The summed E-state index contributed by atoms with van der Waals surface area (Å²) >= 11 is 0. The van der Waals surface area contributed by atoms with Crippen LogP contribution in [0.3, 0.4) is 0 Å². The molecule has 2 heterocycles. The Labute approximate surface area is 108 Å². The molecule has 18 heavy (non-hydrogen) atoms. The van der Waals surface area contributed by atoms with Crippen molar-refractivity contribution >= 4 is 11.3 Å². The van der Waals surface area contributed by atoms with Crippen LogP contribution in [-0.2, 0) is 0 Å². The second kappa shape index (κ2) is 4.50. The number of ether oxygens (including phenoxy) is 1. The molecular formula is C15H18N2O. The van der Waals surface area contributed by atoms with Gasteiger partial charge in [0, 0.05) is 43.5 Å². The lowest BCUT2D eigenvalue weighted by atomic mass is 10.0. The first kappa shape index (κ1) is 11.4. The molecule has 1 fully saturated rings. The van der Waals surface area contributed by atoms with Crippen molar-refractivity contribution in [3.8, 4) is 5.75 Å². The summed E-state index contributed by atoms with van der Waals surface area (Å²) in [6.07, 6.45) is 1.98. The van der Waals surface area contributed by atoms with Crippen LogP contribution in [0.5, 0.6) is 5.75 Å². The Hall–Kier alpha value is -1.74. The molecule has 0 aromatic heterocycles. The number of rotatable bonds is 1. The summed E-state index contributed by atoms with van der Waals surface area (Å²) in [6, 6.07) is 6.45. The normalized spacial score (nSPS) is 19.1. The second-order valence-corrected chi connectivity index (χ2v) is 4.81. The van der Waals surface area contributed by atoms with E-state index in [1.54, 1.807) is 0 Å². The van der Waals surface area contributed by atoms with E-state index in [-0.39, 0.29) is 0 Å². The van der Waals surface area contributed by atoms with Gasteiger partial charge in [-0.05, 0) is 30.7 Å². The molecule has 3 heteroatoms. The average Bonchev–Trinajstić information content (AvgIpc) is 2.39. The van der Waals surface area contributed by atoms with Crippen molar-refractivity contribution in [2.45, 2.75) is 6.92 Å². The highest BCUT2D eigenvalue weighted by Gasteiger charge is 2.16. The van der Waals surface area contributed by atoms with Crippen molar-refractivity contribution in [2.24, 2.45) is 0 Å². The van der Waals surface area contributed by atoms with Crippen LogP contribution in [0.2, 0.25) is 0 Å². The van der Waals surface area contributed by atoms with Crippen LogP contribution in [-0.4, -0.2) is 26.2 Å². The molecule has 0 spiro atoms. The van der Waals surface area contributed by atoms with Crippen LogP contribution >= 0.6 is 0 Å². The highest BCUT2D eigenvalue weighted by molar-refractivity contribution is 5.75. The molecule has 0 radical (unpaired) electrons. The molecule has 3 rings (SSSR count). The van der Waals surface area contributed by atoms with Gasteiger partial charge in [-0.25, -0.2) is 0 Å². The molecule has 2 aliphatic heterocycles. The summed E-state index contributed by atoms with van der Waals surface area (Å²) in [4.78, 5) is 2.39. The molecule has 0 aliphatic carbocycles. The third-order valence-corrected chi connectivity index (χ3v) is 3.49. The molecule has 0 saturated carbocycles. The van der Waals surface area contributed by atoms with Crippen molar-refractivity contribution < 1.29 is 4.74 Å². The van der Waals surface area contributed by atoms with Crippen molar-refractivity contribution in [1.82, 2.24) is 5.32 Å². The number of anilines is 1. The number of hydrogen-bond donors (Lipinski definition) is 1. The van der Waals surface area contributed by atoms with Gasteiger partial charge in [-0.2, -0.15) is 0 Å². The van der Waals surface area contributed by atoms with Gasteiger partial charge in [0.05, 0.1) is 0 Å². The topological polar surface area (TPSA) is 24.5 Å². The molecule has 1 saturated heterocycles. The second-order valence-electron chi connectivity index (χ2n) is 4.81. The van der Waals surface area contributed by atoms with E-state index in [4.69, 9.17) is 4.74 Å². The molecule has 0 unspecified atom stereocenters. The summed E-state index contributed by atoms with van der Waals surface area (Å²) in [5, 5.41) is 3.36. The van der Waals surface area contributed by atoms with E-state index in [1.807, 2.05) is 6.08 Å². The first-order chi connectivity index (χ1) is 8.74. The van der Waals surface area contributed by atoms with Gasteiger partial charge in [-0.1, -0.05) is 6.58 Å². The predicted octanol–water partition coefficient (Wildman–Crippen LogP) is 2.41. The van der Waals surface area contributed by atoms with Crippen molar-refractivity contribution in [3.63, 3.8) is 0 Å². The minimum atomic E-state index is 0.720. The molecule has 1 aromatic carbocycles. The molecule has 1 aromatic rings. The number of benzene rings is 1. The Morgan fingerprint density at radius 2 is 2.06 bits per heavy atom. The highest BCUT2D eigenvalue weighted by Crippen LogP contribution is 2.35. The maximum absolute atomic E-state index is 5.72. The van der Waals surface area contributed by atoms with E-state index in [9.17, 15) is 0 Å². The van der Waals surface area contributed by atoms with Gasteiger partial charge < -0.3 is 15.0 Å². The first-order valence-corrected chi connectivity index (χ1v) is 6.39. The van der Waals surface area contributed by atoms with Crippen molar-refractivity contribution in [1.29, 1.82) is 0 Å². The lowest BCUT2D eigenvalue weighted by Gasteiger charge is -2.30. The smallest absolute Gasteiger partial charge is 0.136 e. The van der Waals surface area contributed by atoms with Crippen LogP contribution in [0.1, 0.15) is 12.5 Å². The molecule has 0 atom stereocenters. The van der Waals surface area contributed by atoms with Crippen LogP contribution < -0.4 is 15.0 Å². The van der Waals surface area contributed by atoms with Gasteiger partial charge in [0.25, 0.3) is 0 Å². The molecule has 1 N–H and O–H groups in total. The monoisotopic (exact) mass is 242 g/mol. The first-order valence-electron chi connectivity index (χ1n) is 6.39. The van der Waals surface area contributed by atoms with Gasteiger partial charge in [0.1, 0.15) is 11.5 Å². The van der Waals surface area contributed by atoms with Crippen LogP contribution in [0.4, 0.5) is 5.69 Å². The summed E-state index contributed by atoms with van der Waals surface area (Å²) in [6.45, 7) is 10.2. The third-order valence-electron chi connectivity index (χ3n) is 3.49. The van der Waals surface area contributed by atoms with E-state index in [0.29, 0.717) is 0 Å². The van der Waals surface area contributed by atoms with E-state index in [0.717, 1.165) is 37.7 Å². The van der Waals surface area contributed by atoms with E-state index >= 15 is 0 Å². The summed E-state index contributed by atoms with van der Waals surface area (Å²) in [5.41, 5.74) is 3.62. The van der Waals surface area contributed by atoms with E-state index < -0.39 is 0 Å². The number of fused-ring (bicyclic) bond motifs is 1. The molecule has 0 amide bonds. The van der Waals surface area contributed by atoms with Crippen molar-refractivity contribution in [2.75, 3.05) is 31.1 Å². The Morgan fingerprint density at radius 3 is 2.83 bits per heavy atom. The van der Waals surface area contributed by atoms with Gasteiger partial charge >= 0.3 is 0 Å². The minimum absolute atomic E-state index is 0.720. The van der Waals surface area contributed by atoms with Crippen LogP contribution in [0, 0.1) is 0 Å². The summed E-state index contributed by atoms with van der Waals surface area (Å²) in [5.74, 6) is 1.65. The fourth-order valence-corrected chi connectivity index (χ4v) is 2.53. The third kappa shape index (κ3) is 2.02. The quantitative estimate of drug-likeness (QED) is 0.818. The van der Waals surface area contributed by atoms with Crippen LogP contribution in [0.25, 0.3) is 5.57 Å². The zero-order valence-corrected chi connectivity index (χ0v) is 10.7. The maximum atomic E-state index is 5.72. The Balaban J connectivity index is 1.93. The number of hydrogen-bond acceptors (Lipinski definition) is 3. The lowest BCUT2D eigenvalue weighted by molar-refractivity contribution is 0.441. The Morgan fingerprint density at radius 1 is 1.28 bits per heavy atom.